The van der Waals surface area contributed by atoms with Crippen LogP contribution >= 0.6 is 23.1 Å². The summed E-state index contributed by atoms with van der Waals surface area (Å²) >= 11 is 3.01. The van der Waals surface area contributed by atoms with E-state index in [4.69, 9.17) is 5.73 Å². The molecule has 0 aliphatic carbocycles. The Hall–Kier alpha value is -2.12. The number of carbonyl (C=O) groups is 1. The number of anilines is 2. The van der Waals surface area contributed by atoms with Gasteiger partial charge in [0.05, 0.1) is 11.4 Å². The maximum absolute atomic E-state index is 12.6. The monoisotopic (exact) mass is 358 g/mol. The van der Waals surface area contributed by atoms with E-state index in [0.717, 1.165) is 28.1 Å². The lowest BCUT2D eigenvalue weighted by atomic mass is 10.1. The van der Waals surface area contributed by atoms with Crippen LogP contribution in [0.25, 0.3) is 10.2 Å². The lowest BCUT2D eigenvalue weighted by Crippen LogP contribution is -2.12. The topological polar surface area (TPSA) is 80.9 Å². The van der Waals surface area contributed by atoms with Crippen LogP contribution in [0.1, 0.15) is 26.5 Å². The van der Waals surface area contributed by atoms with Crippen LogP contribution in [-0.4, -0.2) is 22.4 Å². The molecule has 0 fully saturated rings. The highest BCUT2D eigenvalue weighted by molar-refractivity contribution is 7.97. The molecule has 2 aromatic heterocycles. The molecule has 5 nitrogen and oxygen atoms in total. The van der Waals surface area contributed by atoms with Crippen LogP contribution < -0.4 is 11.1 Å². The van der Waals surface area contributed by atoms with Gasteiger partial charge in [0.2, 0.25) is 0 Å². The zero-order valence-corrected chi connectivity index (χ0v) is 15.3. The number of rotatable bonds is 4. The molecule has 7 heteroatoms. The minimum atomic E-state index is -0.214. The van der Waals surface area contributed by atoms with Crippen molar-refractivity contribution in [1.29, 1.82) is 0 Å². The number of carbonyl (C=O) groups excluding carboxylic acids is 1. The quantitative estimate of drug-likeness (QED) is 0.736. The first-order valence-corrected chi connectivity index (χ1v) is 9.63. The van der Waals surface area contributed by atoms with Crippen molar-refractivity contribution in [3.8, 4) is 0 Å². The molecule has 1 amide bonds. The summed E-state index contributed by atoms with van der Waals surface area (Å²) in [7, 11) is 0. The summed E-state index contributed by atoms with van der Waals surface area (Å²) < 4.78 is 0. The van der Waals surface area contributed by atoms with Crippen molar-refractivity contribution >= 4 is 50.6 Å². The SMILES string of the molecule is CSCc1cccc(NC(=O)c2sc3nnc(C)c(C)c3c2N)c1. The first-order valence-electron chi connectivity index (χ1n) is 7.42. The van der Waals surface area contributed by atoms with Gasteiger partial charge in [-0.3, -0.25) is 4.79 Å². The normalized spacial score (nSPS) is 11.0. The third kappa shape index (κ3) is 3.09. The second kappa shape index (κ2) is 6.78. The summed E-state index contributed by atoms with van der Waals surface area (Å²) in [5, 5.41) is 12.0. The van der Waals surface area contributed by atoms with E-state index in [1.54, 1.807) is 11.8 Å². The maximum atomic E-state index is 12.6. The number of fused-ring (bicyclic) bond motifs is 1. The highest BCUT2D eigenvalue weighted by Crippen LogP contribution is 2.35. The van der Waals surface area contributed by atoms with Gasteiger partial charge in [-0.15, -0.1) is 16.4 Å². The molecule has 0 atom stereocenters. The van der Waals surface area contributed by atoms with Crippen LogP contribution in [0.5, 0.6) is 0 Å². The average molecular weight is 358 g/mol. The Bertz CT molecular complexity index is 920. The number of nitrogens with zero attached hydrogens (tertiary/aromatic N) is 2. The number of thiophene rings is 1. The van der Waals surface area contributed by atoms with Crippen LogP contribution in [0.4, 0.5) is 11.4 Å². The van der Waals surface area contributed by atoms with E-state index < -0.39 is 0 Å². The molecule has 0 spiro atoms. The van der Waals surface area contributed by atoms with Crippen LogP contribution in [0.15, 0.2) is 24.3 Å². The summed E-state index contributed by atoms with van der Waals surface area (Å²) in [5.74, 6) is 0.692. The number of nitrogen functional groups attached to an aromatic ring is 1. The summed E-state index contributed by atoms with van der Waals surface area (Å²) in [5.41, 5.74) is 10.4. The van der Waals surface area contributed by atoms with Crippen LogP contribution in [0.3, 0.4) is 0 Å². The second-order valence-corrected chi connectivity index (χ2v) is 7.39. The molecule has 0 unspecified atom stereocenters. The van der Waals surface area contributed by atoms with Crippen molar-refractivity contribution < 1.29 is 4.79 Å². The highest BCUT2D eigenvalue weighted by atomic mass is 32.2. The van der Waals surface area contributed by atoms with Gasteiger partial charge in [-0.25, -0.2) is 0 Å². The number of aromatic nitrogens is 2. The number of hydrogen-bond donors (Lipinski definition) is 2. The van der Waals surface area contributed by atoms with Gasteiger partial charge in [0.1, 0.15) is 9.71 Å². The smallest absolute Gasteiger partial charge is 0.267 e. The Balaban J connectivity index is 1.93. The summed E-state index contributed by atoms with van der Waals surface area (Å²) in [6.07, 6.45) is 2.05. The first kappa shape index (κ1) is 16.7. The minimum Gasteiger partial charge on any atom is -0.397 e. The molecule has 24 heavy (non-hydrogen) atoms. The summed E-state index contributed by atoms with van der Waals surface area (Å²) in [4.78, 5) is 13.8. The molecule has 0 saturated heterocycles. The molecule has 0 saturated carbocycles. The van der Waals surface area contributed by atoms with Crippen molar-refractivity contribution in [1.82, 2.24) is 10.2 Å². The molecular weight excluding hydrogens is 340 g/mol. The predicted molar refractivity (Wildman–Crippen MR) is 103 cm³/mol. The molecule has 0 radical (unpaired) electrons. The molecule has 3 rings (SSSR count). The molecule has 0 bridgehead atoms. The summed E-state index contributed by atoms with van der Waals surface area (Å²) in [6, 6.07) is 7.84. The number of benzene rings is 1. The number of aryl methyl sites for hydroxylation is 2. The number of thioether (sulfide) groups is 1. The van der Waals surface area contributed by atoms with Gasteiger partial charge < -0.3 is 11.1 Å². The Morgan fingerprint density at radius 3 is 2.88 bits per heavy atom. The minimum absolute atomic E-state index is 0.214. The van der Waals surface area contributed by atoms with Crippen molar-refractivity contribution in [3.63, 3.8) is 0 Å². The van der Waals surface area contributed by atoms with Gasteiger partial charge in [-0.05, 0) is 43.4 Å². The van der Waals surface area contributed by atoms with Crippen LogP contribution in [-0.2, 0) is 5.75 Å². The fourth-order valence-electron chi connectivity index (χ4n) is 2.50. The van der Waals surface area contributed by atoms with E-state index in [-0.39, 0.29) is 5.91 Å². The van der Waals surface area contributed by atoms with Gasteiger partial charge in [0, 0.05) is 16.8 Å². The lowest BCUT2D eigenvalue weighted by molar-refractivity contribution is 0.103. The fraction of sp³-hybridized carbons (Fsp3) is 0.235. The van der Waals surface area contributed by atoms with Crippen LogP contribution in [0, 0.1) is 13.8 Å². The van der Waals surface area contributed by atoms with Crippen LogP contribution in [0.2, 0.25) is 0 Å². The number of nitrogens with two attached hydrogens (primary N) is 1. The third-order valence-corrected chi connectivity index (χ3v) is 5.55. The second-order valence-electron chi connectivity index (χ2n) is 5.52. The van der Waals surface area contributed by atoms with E-state index in [1.165, 1.54) is 16.9 Å². The standard InChI is InChI=1S/C17H18N4OS2/c1-9-10(2)20-21-17-13(9)14(18)15(24-17)16(22)19-12-6-4-5-11(7-12)8-23-3/h4-7H,8,18H2,1-3H3,(H,19,22). The van der Waals surface area contributed by atoms with E-state index in [0.29, 0.717) is 15.4 Å². The van der Waals surface area contributed by atoms with Crippen molar-refractivity contribution in [2.24, 2.45) is 0 Å². The summed E-state index contributed by atoms with van der Waals surface area (Å²) in [6.45, 7) is 3.83. The van der Waals surface area contributed by atoms with Gasteiger partial charge in [-0.1, -0.05) is 12.1 Å². The highest BCUT2D eigenvalue weighted by Gasteiger charge is 2.20. The number of nitrogens with one attached hydrogen (secondary N) is 1. The Kier molecular flexibility index (Phi) is 4.73. The van der Waals surface area contributed by atoms with Gasteiger partial charge in [0.25, 0.3) is 5.91 Å². The van der Waals surface area contributed by atoms with E-state index in [1.807, 2.05) is 38.1 Å². The van der Waals surface area contributed by atoms with Crippen molar-refractivity contribution in [3.05, 3.63) is 46.0 Å². The average Bonchev–Trinajstić information content (AvgIpc) is 2.89. The zero-order chi connectivity index (χ0) is 17.3. The number of hydrogen-bond acceptors (Lipinski definition) is 6. The molecule has 0 aliphatic heterocycles. The maximum Gasteiger partial charge on any atom is 0.267 e. The van der Waals surface area contributed by atoms with E-state index >= 15 is 0 Å². The molecule has 124 valence electrons. The van der Waals surface area contributed by atoms with Gasteiger partial charge >= 0.3 is 0 Å². The molecule has 3 aromatic rings. The third-order valence-electron chi connectivity index (χ3n) is 3.84. The molecule has 3 N–H and O–H groups in total. The lowest BCUT2D eigenvalue weighted by Gasteiger charge is -2.06. The Morgan fingerprint density at radius 1 is 1.33 bits per heavy atom. The fourth-order valence-corrected chi connectivity index (χ4v) is 4.01. The molecule has 0 aliphatic rings. The largest absolute Gasteiger partial charge is 0.397 e. The molecule has 1 aromatic carbocycles. The Labute approximate surface area is 148 Å². The molecule has 2 heterocycles. The van der Waals surface area contributed by atoms with Gasteiger partial charge in [-0.2, -0.15) is 16.9 Å². The number of amides is 1. The zero-order valence-electron chi connectivity index (χ0n) is 13.7. The molecular formula is C17H18N4OS2. The van der Waals surface area contributed by atoms with E-state index in [9.17, 15) is 4.79 Å². The van der Waals surface area contributed by atoms with E-state index in [2.05, 4.69) is 21.8 Å². The predicted octanol–water partition coefficient (Wildman–Crippen LogP) is 4.01. The first-order chi connectivity index (χ1) is 11.5. The Morgan fingerprint density at radius 2 is 2.12 bits per heavy atom. The van der Waals surface area contributed by atoms with Crippen molar-refractivity contribution in [2.45, 2.75) is 19.6 Å². The van der Waals surface area contributed by atoms with Gasteiger partial charge in [0.15, 0.2) is 0 Å². The van der Waals surface area contributed by atoms with Crippen molar-refractivity contribution in [2.75, 3.05) is 17.3 Å².